The number of sulfonamides is 1. The molecule has 0 spiro atoms. The number of aromatic nitrogens is 1. The van der Waals surface area contributed by atoms with Crippen molar-refractivity contribution in [3.05, 3.63) is 34.8 Å². The standard InChI is InChI=1S/C15H18N2O4S2/c1-10(2)7-12(15-16-5-6-22-15)17-23(18,19)11-3-4-13-14(8-11)21-9-20-13/h3-6,8,10,12,17H,7,9H2,1-2H3. The molecule has 0 fully saturated rings. The average Bonchev–Trinajstić information content (AvgIpc) is 3.16. The van der Waals surface area contributed by atoms with E-state index in [1.54, 1.807) is 12.3 Å². The minimum Gasteiger partial charge on any atom is -0.454 e. The van der Waals surface area contributed by atoms with Gasteiger partial charge in [-0.05, 0) is 24.5 Å². The van der Waals surface area contributed by atoms with Gasteiger partial charge in [-0.3, -0.25) is 0 Å². The predicted molar refractivity (Wildman–Crippen MR) is 87.2 cm³/mol. The van der Waals surface area contributed by atoms with Gasteiger partial charge < -0.3 is 9.47 Å². The number of nitrogens with zero attached hydrogens (tertiary/aromatic N) is 1. The van der Waals surface area contributed by atoms with Gasteiger partial charge in [-0.15, -0.1) is 11.3 Å². The molecule has 1 unspecified atom stereocenters. The molecule has 1 aromatic carbocycles. The third-order valence-corrected chi connectivity index (χ3v) is 5.77. The molecule has 2 aromatic rings. The third kappa shape index (κ3) is 3.65. The highest BCUT2D eigenvalue weighted by molar-refractivity contribution is 7.89. The lowest BCUT2D eigenvalue weighted by Gasteiger charge is -2.18. The summed E-state index contributed by atoms with van der Waals surface area (Å²) >= 11 is 1.45. The zero-order chi connectivity index (χ0) is 16.4. The lowest BCUT2D eigenvalue weighted by molar-refractivity contribution is 0.174. The van der Waals surface area contributed by atoms with Crippen LogP contribution in [-0.2, 0) is 10.0 Å². The van der Waals surface area contributed by atoms with Gasteiger partial charge >= 0.3 is 0 Å². The van der Waals surface area contributed by atoms with E-state index in [0.717, 1.165) is 5.01 Å². The first kappa shape index (κ1) is 16.2. The summed E-state index contributed by atoms with van der Waals surface area (Å²) in [4.78, 5) is 4.41. The molecule has 2 heterocycles. The van der Waals surface area contributed by atoms with Crippen molar-refractivity contribution in [3.8, 4) is 11.5 Å². The number of rotatable bonds is 6. The Morgan fingerprint density at radius 3 is 2.78 bits per heavy atom. The van der Waals surface area contributed by atoms with Crippen molar-refractivity contribution in [2.45, 2.75) is 31.2 Å². The van der Waals surface area contributed by atoms with Crippen LogP contribution in [0.1, 0.15) is 31.3 Å². The average molecular weight is 354 g/mol. The Kier molecular flexibility index (Phi) is 4.56. The zero-order valence-corrected chi connectivity index (χ0v) is 14.5. The maximum Gasteiger partial charge on any atom is 0.241 e. The SMILES string of the molecule is CC(C)CC(NS(=O)(=O)c1ccc2c(c1)OCO2)c1nccs1. The lowest BCUT2D eigenvalue weighted by atomic mass is 10.1. The van der Waals surface area contributed by atoms with E-state index in [4.69, 9.17) is 9.47 Å². The minimum atomic E-state index is -3.67. The maximum atomic E-state index is 12.7. The van der Waals surface area contributed by atoms with Crippen LogP contribution >= 0.6 is 11.3 Å². The molecule has 0 aliphatic carbocycles. The second-order valence-corrected chi connectivity index (χ2v) is 8.33. The fourth-order valence-electron chi connectivity index (χ4n) is 2.38. The van der Waals surface area contributed by atoms with Gasteiger partial charge in [0.2, 0.25) is 16.8 Å². The Balaban J connectivity index is 1.86. The molecule has 1 N–H and O–H groups in total. The molecule has 8 heteroatoms. The van der Waals surface area contributed by atoms with Gasteiger partial charge in [0.25, 0.3) is 0 Å². The van der Waals surface area contributed by atoms with E-state index in [1.807, 2.05) is 5.38 Å². The number of benzene rings is 1. The van der Waals surface area contributed by atoms with Crippen LogP contribution in [0, 0.1) is 5.92 Å². The molecule has 1 aliphatic heterocycles. The normalized spacial score (nSPS) is 15.1. The van der Waals surface area contributed by atoms with E-state index in [2.05, 4.69) is 23.6 Å². The van der Waals surface area contributed by atoms with Gasteiger partial charge in [-0.1, -0.05) is 13.8 Å². The summed E-state index contributed by atoms with van der Waals surface area (Å²) in [6.45, 7) is 4.21. The molecule has 1 aliphatic rings. The van der Waals surface area contributed by atoms with E-state index in [-0.39, 0.29) is 17.7 Å². The van der Waals surface area contributed by atoms with Crippen molar-refractivity contribution in [2.75, 3.05) is 6.79 Å². The fraction of sp³-hybridized carbons (Fsp3) is 0.400. The summed E-state index contributed by atoms with van der Waals surface area (Å²) in [5.41, 5.74) is 0. The molecular formula is C15H18N2O4S2. The van der Waals surface area contributed by atoms with Crippen LogP contribution in [0.5, 0.6) is 11.5 Å². The summed E-state index contributed by atoms with van der Waals surface area (Å²) < 4.78 is 38.6. The van der Waals surface area contributed by atoms with Gasteiger partial charge in [0.05, 0.1) is 10.9 Å². The first-order valence-electron chi connectivity index (χ1n) is 7.27. The van der Waals surface area contributed by atoms with Crippen molar-refractivity contribution in [2.24, 2.45) is 5.92 Å². The van der Waals surface area contributed by atoms with Crippen molar-refractivity contribution in [1.82, 2.24) is 9.71 Å². The van der Waals surface area contributed by atoms with Gasteiger partial charge in [-0.2, -0.15) is 0 Å². The highest BCUT2D eigenvalue weighted by Gasteiger charge is 2.26. The predicted octanol–water partition coefficient (Wildman–Crippen LogP) is 2.94. The number of nitrogens with one attached hydrogen (secondary N) is 1. The second-order valence-electron chi connectivity index (χ2n) is 5.69. The van der Waals surface area contributed by atoms with E-state index in [1.165, 1.54) is 23.5 Å². The van der Waals surface area contributed by atoms with Crippen molar-refractivity contribution >= 4 is 21.4 Å². The molecule has 124 valence electrons. The van der Waals surface area contributed by atoms with Crippen LogP contribution in [-0.4, -0.2) is 20.2 Å². The van der Waals surface area contributed by atoms with Gasteiger partial charge in [0.15, 0.2) is 11.5 Å². The Morgan fingerprint density at radius 1 is 1.30 bits per heavy atom. The molecule has 0 radical (unpaired) electrons. The van der Waals surface area contributed by atoms with Gasteiger partial charge in [0, 0.05) is 17.6 Å². The smallest absolute Gasteiger partial charge is 0.241 e. The highest BCUT2D eigenvalue weighted by Crippen LogP contribution is 2.34. The number of hydrogen-bond donors (Lipinski definition) is 1. The van der Waals surface area contributed by atoms with E-state index in [9.17, 15) is 8.42 Å². The van der Waals surface area contributed by atoms with Crippen LogP contribution in [0.15, 0.2) is 34.7 Å². The molecule has 23 heavy (non-hydrogen) atoms. The summed E-state index contributed by atoms with van der Waals surface area (Å²) in [6, 6.07) is 4.27. The Bertz CT molecular complexity index is 773. The largest absolute Gasteiger partial charge is 0.454 e. The van der Waals surface area contributed by atoms with E-state index in [0.29, 0.717) is 23.8 Å². The molecule has 3 rings (SSSR count). The number of hydrogen-bond acceptors (Lipinski definition) is 6. The molecule has 6 nitrogen and oxygen atoms in total. The number of thiazole rings is 1. The zero-order valence-electron chi connectivity index (χ0n) is 12.9. The first-order chi connectivity index (χ1) is 11.0. The Labute approximate surface area is 139 Å². The van der Waals surface area contributed by atoms with E-state index >= 15 is 0 Å². The van der Waals surface area contributed by atoms with Crippen LogP contribution in [0.25, 0.3) is 0 Å². The summed E-state index contributed by atoms with van der Waals surface area (Å²) in [5, 5.41) is 2.61. The topological polar surface area (TPSA) is 77.5 Å². The fourth-order valence-corrected chi connectivity index (χ4v) is 4.38. The first-order valence-corrected chi connectivity index (χ1v) is 9.63. The minimum absolute atomic E-state index is 0.112. The monoisotopic (exact) mass is 354 g/mol. The van der Waals surface area contributed by atoms with Crippen LogP contribution < -0.4 is 14.2 Å². The Hall–Kier alpha value is -1.64. The van der Waals surface area contributed by atoms with Crippen LogP contribution in [0.3, 0.4) is 0 Å². The van der Waals surface area contributed by atoms with Crippen LogP contribution in [0.4, 0.5) is 0 Å². The van der Waals surface area contributed by atoms with E-state index < -0.39 is 10.0 Å². The molecule has 0 saturated carbocycles. The number of ether oxygens (including phenoxy) is 2. The summed E-state index contributed by atoms with van der Waals surface area (Å²) in [5.74, 6) is 1.34. The van der Waals surface area contributed by atoms with Crippen molar-refractivity contribution in [3.63, 3.8) is 0 Å². The maximum absolute atomic E-state index is 12.7. The van der Waals surface area contributed by atoms with Gasteiger partial charge in [-0.25, -0.2) is 18.1 Å². The van der Waals surface area contributed by atoms with Crippen molar-refractivity contribution in [1.29, 1.82) is 0 Å². The molecular weight excluding hydrogens is 336 g/mol. The molecule has 0 bridgehead atoms. The Morgan fingerprint density at radius 2 is 2.09 bits per heavy atom. The third-order valence-electron chi connectivity index (χ3n) is 3.41. The lowest BCUT2D eigenvalue weighted by Crippen LogP contribution is -2.29. The van der Waals surface area contributed by atoms with Crippen molar-refractivity contribution < 1.29 is 17.9 Å². The molecule has 0 saturated heterocycles. The molecule has 1 aromatic heterocycles. The quantitative estimate of drug-likeness (QED) is 0.863. The second kappa shape index (κ2) is 6.46. The summed E-state index contributed by atoms with van der Waals surface area (Å²) in [7, 11) is -3.67. The summed E-state index contributed by atoms with van der Waals surface area (Å²) in [6.07, 6.45) is 2.36. The highest BCUT2D eigenvalue weighted by atomic mass is 32.2. The van der Waals surface area contributed by atoms with Gasteiger partial charge in [0.1, 0.15) is 5.01 Å². The molecule has 0 amide bonds. The molecule has 1 atom stereocenters. The van der Waals surface area contributed by atoms with Crippen LogP contribution in [0.2, 0.25) is 0 Å². The number of fused-ring (bicyclic) bond motifs is 1.